The van der Waals surface area contributed by atoms with Gasteiger partial charge in [0, 0.05) is 37.1 Å². The molecule has 0 radical (unpaired) electrons. The summed E-state index contributed by atoms with van der Waals surface area (Å²) in [6.45, 7) is 6.43. The summed E-state index contributed by atoms with van der Waals surface area (Å²) in [6, 6.07) is 0. The van der Waals surface area contributed by atoms with Crippen molar-refractivity contribution >= 4 is 17.2 Å². The predicted octanol–water partition coefficient (Wildman–Crippen LogP) is 1.39. The number of amides is 1. The molecule has 0 atom stereocenters. The Morgan fingerprint density at radius 1 is 1.56 bits per heavy atom. The van der Waals surface area contributed by atoms with Crippen LogP contribution in [0, 0.1) is 5.92 Å². The largest absolute Gasteiger partial charge is 0.356 e. The van der Waals surface area contributed by atoms with Crippen molar-refractivity contribution in [3.63, 3.8) is 0 Å². The maximum absolute atomic E-state index is 11.3. The molecule has 16 heavy (non-hydrogen) atoms. The van der Waals surface area contributed by atoms with E-state index in [0.29, 0.717) is 18.9 Å². The van der Waals surface area contributed by atoms with Crippen LogP contribution in [0.15, 0.2) is 11.7 Å². The van der Waals surface area contributed by atoms with Gasteiger partial charge in [-0.15, -0.1) is 11.3 Å². The third kappa shape index (κ3) is 5.82. The van der Waals surface area contributed by atoms with Gasteiger partial charge in [0.15, 0.2) is 0 Å². The Morgan fingerprint density at radius 2 is 2.38 bits per heavy atom. The van der Waals surface area contributed by atoms with Gasteiger partial charge in [0.2, 0.25) is 5.91 Å². The monoisotopic (exact) mass is 241 g/mol. The van der Waals surface area contributed by atoms with E-state index in [1.165, 1.54) is 4.88 Å². The molecule has 0 bridgehead atoms. The molecular weight excluding hydrogens is 222 g/mol. The smallest absolute Gasteiger partial charge is 0.221 e. The summed E-state index contributed by atoms with van der Waals surface area (Å²) in [5.41, 5.74) is 1.81. The molecule has 5 heteroatoms. The number of nitrogens with zero attached hydrogens (tertiary/aromatic N) is 1. The molecule has 1 aromatic rings. The summed E-state index contributed by atoms with van der Waals surface area (Å²) in [5, 5.41) is 6.10. The van der Waals surface area contributed by atoms with Crippen LogP contribution < -0.4 is 10.6 Å². The fourth-order valence-electron chi connectivity index (χ4n) is 1.15. The number of nitrogens with one attached hydrogen (secondary N) is 2. The number of hydrogen-bond donors (Lipinski definition) is 2. The van der Waals surface area contributed by atoms with E-state index in [-0.39, 0.29) is 5.91 Å². The van der Waals surface area contributed by atoms with Crippen LogP contribution in [-0.4, -0.2) is 24.0 Å². The van der Waals surface area contributed by atoms with E-state index >= 15 is 0 Å². The first-order valence-electron chi connectivity index (χ1n) is 5.53. The molecule has 2 N–H and O–H groups in total. The number of thiazole rings is 1. The lowest BCUT2D eigenvalue weighted by Crippen LogP contribution is -2.30. The SMILES string of the molecule is CC(C)CNC(=O)CCNCc1cncs1. The van der Waals surface area contributed by atoms with E-state index in [0.717, 1.165) is 13.1 Å². The molecule has 4 nitrogen and oxygen atoms in total. The Balaban J connectivity index is 2.00. The molecule has 0 spiro atoms. The van der Waals surface area contributed by atoms with Gasteiger partial charge in [-0.05, 0) is 5.92 Å². The molecule has 0 aliphatic carbocycles. The summed E-state index contributed by atoms with van der Waals surface area (Å²) in [4.78, 5) is 16.5. The highest BCUT2D eigenvalue weighted by Gasteiger charge is 2.01. The zero-order chi connectivity index (χ0) is 11.8. The maximum Gasteiger partial charge on any atom is 0.221 e. The average molecular weight is 241 g/mol. The topological polar surface area (TPSA) is 54.0 Å². The van der Waals surface area contributed by atoms with Gasteiger partial charge in [-0.3, -0.25) is 9.78 Å². The van der Waals surface area contributed by atoms with E-state index in [1.54, 1.807) is 11.3 Å². The molecule has 0 aromatic carbocycles. The highest BCUT2D eigenvalue weighted by atomic mass is 32.1. The third-order valence-corrected chi connectivity index (χ3v) is 2.80. The number of carbonyl (C=O) groups excluding carboxylic acids is 1. The van der Waals surface area contributed by atoms with Crippen molar-refractivity contribution in [3.05, 3.63) is 16.6 Å². The molecule has 1 aromatic heterocycles. The van der Waals surface area contributed by atoms with E-state index < -0.39 is 0 Å². The number of carbonyl (C=O) groups is 1. The number of aromatic nitrogens is 1. The first kappa shape index (κ1) is 13.1. The average Bonchev–Trinajstić information content (AvgIpc) is 2.74. The lowest BCUT2D eigenvalue weighted by molar-refractivity contribution is -0.121. The van der Waals surface area contributed by atoms with Gasteiger partial charge in [0.05, 0.1) is 5.51 Å². The van der Waals surface area contributed by atoms with Crippen LogP contribution in [0.3, 0.4) is 0 Å². The van der Waals surface area contributed by atoms with Crippen LogP contribution >= 0.6 is 11.3 Å². The van der Waals surface area contributed by atoms with Crippen LogP contribution in [0.5, 0.6) is 0 Å². The molecule has 1 rings (SSSR count). The minimum Gasteiger partial charge on any atom is -0.356 e. The summed E-state index contributed by atoms with van der Waals surface area (Å²) >= 11 is 1.62. The maximum atomic E-state index is 11.3. The van der Waals surface area contributed by atoms with Crippen molar-refractivity contribution < 1.29 is 4.79 Å². The van der Waals surface area contributed by atoms with Crippen molar-refractivity contribution in [3.8, 4) is 0 Å². The van der Waals surface area contributed by atoms with Crippen LogP contribution in [0.2, 0.25) is 0 Å². The van der Waals surface area contributed by atoms with Crippen molar-refractivity contribution in [2.45, 2.75) is 26.8 Å². The molecule has 0 aliphatic rings. The van der Waals surface area contributed by atoms with Crippen molar-refractivity contribution in [1.29, 1.82) is 0 Å². The third-order valence-electron chi connectivity index (χ3n) is 2.02. The first-order chi connectivity index (χ1) is 7.68. The summed E-state index contributed by atoms with van der Waals surface area (Å²) in [6.07, 6.45) is 2.38. The van der Waals surface area contributed by atoms with Crippen LogP contribution in [0.25, 0.3) is 0 Å². The van der Waals surface area contributed by atoms with Gasteiger partial charge in [-0.2, -0.15) is 0 Å². The molecule has 1 amide bonds. The summed E-state index contributed by atoms with van der Waals surface area (Å²) in [5.74, 6) is 0.625. The van der Waals surface area contributed by atoms with E-state index in [2.05, 4.69) is 29.5 Å². The second-order valence-corrected chi connectivity index (χ2v) is 5.06. The first-order valence-corrected chi connectivity index (χ1v) is 6.41. The van der Waals surface area contributed by atoms with Gasteiger partial charge in [-0.25, -0.2) is 0 Å². The van der Waals surface area contributed by atoms with Gasteiger partial charge in [-0.1, -0.05) is 13.8 Å². The fraction of sp³-hybridized carbons (Fsp3) is 0.636. The molecule has 1 heterocycles. The summed E-state index contributed by atoms with van der Waals surface area (Å²) in [7, 11) is 0. The molecule has 0 saturated carbocycles. The quantitative estimate of drug-likeness (QED) is 0.709. The highest BCUT2D eigenvalue weighted by Crippen LogP contribution is 2.03. The molecular formula is C11H19N3OS. The van der Waals surface area contributed by atoms with Crippen LogP contribution in [0.4, 0.5) is 0 Å². The van der Waals surface area contributed by atoms with Crippen LogP contribution in [-0.2, 0) is 11.3 Å². The molecule has 0 unspecified atom stereocenters. The molecule has 0 fully saturated rings. The predicted molar refractivity (Wildman–Crippen MR) is 66.3 cm³/mol. The van der Waals surface area contributed by atoms with Crippen LogP contribution in [0.1, 0.15) is 25.1 Å². The van der Waals surface area contributed by atoms with Crippen molar-refractivity contribution in [2.75, 3.05) is 13.1 Å². The van der Waals surface area contributed by atoms with Crippen molar-refractivity contribution in [1.82, 2.24) is 15.6 Å². The Morgan fingerprint density at radius 3 is 3.00 bits per heavy atom. The second-order valence-electron chi connectivity index (χ2n) is 4.09. The van der Waals surface area contributed by atoms with E-state index in [9.17, 15) is 4.79 Å². The molecule has 0 saturated heterocycles. The van der Waals surface area contributed by atoms with E-state index in [4.69, 9.17) is 0 Å². The Kier molecular flexibility index (Phi) is 6.03. The standard InChI is InChI=1S/C11H19N3OS/c1-9(2)5-14-11(15)3-4-12-6-10-7-13-8-16-10/h7-9,12H,3-6H2,1-2H3,(H,14,15). The zero-order valence-corrected chi connectivity index (χ0v) is 10.6. The lowest BCUT2D eigenvalue weighted by Gasteiger charge is -2.07. The lowest BCUT2D eigenvalue weighted by atomic mass is 10.2. The van der Waals surface area contributed by atoms with E-state index in [1.807, 2.05) is 11.7 Å². The van der Waals surface area contributed by atoms with Gasteiger partial charge in [0.25, 0.3) is 0 Å². The highest BCUT2D eigenvalue weighted by molar-refractivity contribution is 7.09. The summed E-state index contributed by atoms with van der Waals surface area (Å²) < 4.78 is 0. The normalized spacial score (nSPS) is 10.7. The van der Waals surface area contributed by atoms with Gasteiger partial charge >= 0.3 is 0 Å². The number of rotatable bonds is 7. The minimum absolute atomic E-state index is 0.116. The fourth-order valence-corrected chi connectivity index (χ4v) is 1.71. The van der Waals surface area contributed by atoms with Crippen molar-refractivity contribution in [2.24, 2.45) is 5.92 Å². The Bertz CT molecular complexity index is 298. The van der Waals surface area contributed by atoms with Gasteiger partial charge in [0.1, 0.15) is 0 Å². The molecule has 90 valence electrons. The minimum atomic E-state index is 0.116. The zero-order valence-electron chi connectivity index (χ0n) is 9.82. The Labute approximate surface area is 100 Å². The second kappa shape index (κ2) is 7.35. The molecule has 0 aliphatic heterocycles. The van der Waals surface area contributed by atoms with Gasteiger partial charge < -0.3 is 10.6 Å². The number of hydrogen-bond acceptors (Lipinski definition) is 4. The Hall–Kier alpha value is -0.940.